The molecule has 0 spiro atoms. The van der Waals surface area contributed by atoms with Gasteiger partial charge in [-0.1, -0.05) is 20.8 Å². The predicted molar refractivity (Wildman–Crippen MR) is 78.0 cm³/mol. The smallest absolute Gasteiger partial charge is 0.412 e. The van der Waals surface area contributed by atoms with Crippen molar-refractivity contribution in [3.63, 3.8) is 0 Å². The van der Waals surface area contributed by atoms with Crippen LogP contribution in [0, 0.1) is 5.41 Å². The Labute approximate surface area is 118 Å². The molecule has 4 nitrogen and oxygen atoms in total. The zero-order valence-corrected chi connectivity index (χ0v) is 13.1. The summed E-state index contributed by atoms with van der Waals surface area (Å²) in [4.78, 5) is 23.9. The standard InChI is InChI=1S/C14H21NO3S/c1-13(2,3)10(16)9-7-8-19-11(9)15-12(17)18-14(4,5)6/h7-8H,1-6H3,(H,15,17). The minimum atomic E-state index is -0.560. The molecule has 1 rings (SSSR count). The first kappa shape index (κ1) is 15.7. The summed E-state index contributed by atoms with van der Waals surface area (Å²) < 4.78 is 5.18. The van der Waals surface area contributed by atoms with Crippen LogP contribution in [0.1, 0.15) is 51.9 Å². The van der Waals surface area contributed by atoms with Gasteiger partial charge in [-0.2, -0.15) is 0 Å². The molecular weight excluding hydrogens is 262 g/mol. The largest absolute Gasteiger partial charge is 0.444 e. The van der Waals surface area contributed by atoms with Crippen molar-refractivity contribution in [1.82, 2.24) is 0 Å². The number of hydrogen-bond donors (Lipinski definition) is 1. The van der Waals surface area contributed by atoms with E-state index in [9.17, 15) is 9.59 Å². The summed E-state index contributed by atoms with van der Waals surface area (Å²) in [5, 5.41) is 4.96. The van der Waals surface area contributed by atoms with E-state index in [2.05, 4.69) is 5.32 Å². The summed E-state index contributed by atoms with van der Waals surface area (Å²) >= 11 is 1.32. The number of ketones is 1. The first-order valence-electron chi connectivity index (χ1n) is 6.13. The SMILES string of the molecule is CC(C)(C)OC(=O)Nc1sccc1C(=O)C(C)(C)C. The first-order chi connectivity index (χ1) is 8.50. The fourth-order valence-electron chi connectivity index (χ4n) is 1.39. The number of carbonyl (C=O) groups excluding carboxylic acids is 2. The number of nitrogens with one attached hydrogen (secondary N) is 1. The second kappa shape index (κ2) is 5.33. The third-order valence-corrected chi connectivity index (χ3v) is 3.04. The zero-order valence-electron chi connectivity index (χ0n) is 12.3. The fraction of sp³-hybridized carbons (Fsp3) is 0.571. The topological polar surface area (TPSA) is 55.4 Å². The highest BCUT2D eigenvalue weighted by molar-refractivity contribution is 7.14. The van der Waals surface area contributed by atoms with E-state index in [-0.39, 0.29) is 5.78 Å². The van der Waals surface area contributed by atoms with Gasteiger partial charge in [0, 0.05) is 5.41 Å². The van der Waals surface area contributed by atoms with Crippen molar-refractivity contribution in [2.24, 2.45) is 5.41 Å². The molecule has 5 heteroatoms. The highest BCUT2D eigenvalue weighted by atomic mass is 32.1. The molecule has 0 saturated heterocycles. The molecule has 0 saturated carbocycles. The minimum absolute atomic E-state index is 0.000177. The number of rotatable bonds is 2. The normalized spacial score (nSPS) is 12.1. The Hall–Kier alpha value is -1.36. The monoisotopic (exact) mass is 283 g/mol. The molecule has 1 N–H and O–H groups in total. The van der Waals surface area contributed by atoms with E-state index in [0.717, 1.165) is 0 Å². The lowest BCUT2D eigenvalue weighted by Crippen LogP contribution is -2.28. The molecule has 0 unspecified atom stereocenters. The average molecular weight is 283 g/mol. The molecule has 0 bridgehead atoms. The third kappa shape index (κ3) is 4.67. The summed E-state index contributed by atoms with van der Waals surface area (Å²) in [5.41, 5.74) is -0.510. The average Bonchev–Trinajstić information content (AvgIpc) is 2.59. The maximum Gasteiger partial charge on any atom is 0.412 e. The van der Waals surface area contributed by atoms with Gasteiger partial charge in [0.15, 0.2) is 5.78 Å². The van der Waals surface area contributed by atoms with Crippen LogP contribution in [0.2, 0.25) is 0 Å². The van der Waals surface area contributed by atoms with Crippen molar-refractivity contribution < 1.29 is 14.3 Å². The molecule has 0 fully saturated rings. The van der Waals surface area contributed by atoms with Crippen molar-refractivity contribution >= 4 is 28.2 Å². The van der Waals surface area contributed by atoms with Crippen LogP contribution in [0.4, 0.5) is 9.80 Å². The number of thiophene rings is 1. The van der Waals surface area contributed by atoms with Crippen LogP contribution in [-0.4, -0.2) is 17.5 Å². The van der Waals surface area contributed by atoms with Crippen LogP contribution >= 0.6 is 11.3 Å². The molecule has 19 heavy (non-hydrogen) atoms. The Morgan fingerprint density at radius 1 is 1.16 bits per heavy atom. The van der Waals surface area contributed by atoms with Crippen molar-refractivity contribution in [1.29, 1.82) is 0 Å². The maximum atomic E-state index is 12.2. The van der Waals surface area contributed by atoms with E-state index in [4.69, 9.17) is 4.74 Å². The van der Waals surface area contributed by atoms with E-state index < -0.39 is 17.1 Å². The first-order valence-corrected chi connectivity index (χ1v) is 7.01. The fourth-order valence-corrected chi connectivity index (χ4v) is 2.16. The number of anilines is 1. The van der Waals surface area contributed by atoms with Gasteiger partial charge < -0.3 is 4.74 Å². The van der Waals surface area contributed by atoms with Gasteiger partial charge in [0.05, 0.1) is 5.56 Å². The highest BCUT2D eigenvalue weighted by Gasteiger charge is 2.27. The zero-order chi connectivity index (χ0) is 14.8. The van der Waals surface area contributed by atoms with Gasteiger partial charge >= 0.3 is 6.09 Å². The van der Waals surface area contributed by atoms with Gasteiger partial charge in [0.2, 0.25) is 0 Å². The second-order valence-electron chi connectivity index (χ2n) is 6.37. The van der Waals surface area contributed by atoms with E-state index in [1.165, 1.54) is 11.3 Å². The number of Topliss-reactive ketones (excluding diaryl/α,β-unsaturated/α-hetero) is 1. The van der Waals surface area contributed by atoms with Crippen molar-refractivity contribution in [3.05, 3.63) is 17.0 Å². The Balaban J connectivity index is 2.85. The summed E-state index contributed by atoms with van der Waals surface area (Å²) in [6.07, 6.45) is -0.544. The molecule has 1 amide bonds. The Bertz CT molecular complexity index is 478. The molecule has 106 valence electrons. The number of amides is 1. The van der Waals surface area contributed by atoms with Gasteiger partial charge in [-0.3, -0.25) is 10.1 Å². The molecule has 0 aliphatic heterocycles. The van der Waals surface area contributed by atoms with Gasteiger partial charge in [0.25, 0.3) is 0 Å². The van der Waals surface area contributed by atoms with E-state index >= 15 is 0 Å². The second-order valence-corrected chi connectivity index (χ2v) is 7.29. The van der Waals surface area contributed by atoms with Crippen molar-refractivity contribution in [2.45, 2.75) is 47.1 Å². The van der Waals surface area contributed by atoms with Crippen LogP contribution in [0.15, 0.2) is 11.4 Å². The van der Waals surface area contributed by atoms with Crippen molar-refractivity contribution in [2.75, 3.05) is 5.32 Å². The minimum Gasteiger partial charge on any atom is -0.444 e. The highest BCUT2D eigenvalue weighted by Crippen LogP contribution is 2.30. The summed E-state index contributed by atoms with van der Waals surface area (Å²) in [7, 11) is 0. The number of ether oxygens (including phenoxy) is 1. The van der Waals surface area contributed by atoms with Crippen LogP contribution < -0.4 is 5.32 Å². The molecule has 0 atom stereocenters. The lowest BCUT2D eigenvalue weighted by atomic mass is 9.87. The Morgan fingerprint density at radius 2 is 1.74 bits per heavy atom. The molecule has 0 aromatic carbocycles. The van der Waals surface area contributed by atoms with Crippen LogP contribution in [0.5, 0.6) is 0 Å². The third-order valence-electron chi connectivity index (χ3n) is 2.21. The van der Waals surface area contributed by atoms with Crippen LogP contribution in [-0.2, 0) is 4.74 Å². The molecule has 0 aliphatic rings. The summed E-state index contributed by atoms with van der Waals surface area (Å²) in [6, 6.07) is 1.73. The lowest BCUT2D eigenvalue weighted by molar-refractivity contribution is 0.0636. The quantitative estimate of drug-likeness (QED) is 0.822. The number of carbonyl (C=O) groups is 2. The summed E-state index contributed by atoms with van der Waals surface area (Å²) in [5.74, 6) is -0.000177. The van der Waals surface area contributed by atoms with E-state index in [1.54, 1.807) is 32.2 Å². The summed E-state index contributed by atoms with van der Waals surface area (Å²) in [6.45, 7) is 10.9. The molecule has 0 radical (unpaired) electrons. The maximum absolute atomic E-state index is 12.2. The molecular formula is C14H21NO3S. The van der Waals surface area contributed by atoms with Gasteiger partial charge in [-0.15, -0.1) is 11.3 Å². The van der Waals surface area contributed by atoms with E-state index in [0.29, 0.717) is 10.6 Å². The molecule has 1 aromatic heterocycles. The molecule has 0 aliphatic carbocycles. The molecule has 1 heterocycles. The van der Waals surface area contributed by atoms with Crippen molar-refractivity contribution in [3.8, 4) is 0 Å². The van der Waals surface area contributed by atoms with E-state index in [1.807, 2.05) is 20.8 Å². The van der Waals surface area contributed by atoms with Gasteiger partial charge in [-0.05, 0) is 32.2 Å². The Kier molecular flexibility index (Phi) is 4.40. The molecule has 1 aromatic rings. The Morgan fingerprint density at radius 3 is 2.21 bits per heavy atom. The number of hydrogen-bond acceptors (Lipinski definition) is 4. The predicted octanol–water partition coefficient (Wildman–Crippen LogP) is 4.32. The van der Waals surface area contributed by atoms with Crippen LogP contribution in [0.25, 0.3) is 0 Å². The van der Waals surface area contributed by atoms with Gasteiger partial charge in [0.1, 0.15) is 10.6 Å². The van der Waals surface area contributed by atoms with Crippen LogP contribution in [0.3, 0.4) is 0 Å². The lowest BCUT2D eigenvalue weighted by Gasteiger charge is -2.20. The van der Waals surface area contributed by atoms with Gasteiger partial charge in [-0.25, -0.2) is 4.79 Å².